The summed E-state index contributed by atoms with van der Waals surface area (Å²) in [4.78, 5) is 0. The lowest BCUT2D eigenvalue weighted by molar-refractivity contribution is -0.139. The summed E-state index contributed by atoms with van der Waals surface area (Å²) in [6.07, 6.45) is -0.0946. The van der Waals surface area contributed by atoms with E-state index in [0.29, 0.717) is 17.8 Å². The van der Waals surface area contributed by atoms with Crippen LogP contribution in [0.1, 0.15) is 84.0 Å². The van der Waals surface area contributed by atoms with Crippen molar-refractivity contribution in [1.82, 2.24) is 0 Å². The Morgan fingerprint density at radius 1 is 1.14 bits per heavy atom. The fourth-order valence-corrected chi connectivity index (χ4v) is 8.11. The van der Waals surface area contributed by atoms with E-state index in [9.17, 15) is 13.2 Å². The van der Waals surface area contributed by atoms with Crippen molar-refractivity contribution in [3.63, 3.8) is 0 Å². The first-order chi connectivity index (χ1) is 13.5. The highest BCUT2D eigenvalue weighted by atomic mass is 35.5. The Kier molecular flexibility index (Phi) is 8.31. The van der Waals surface area contributed by atoms with Gasteiger partial charge in [-0.15, -0.1) is 0 Å². The summed E-state index contributed by atoms with van der Waals surface area (Å²) >= 11 is 6.34. The van der Waals surface area contributed by atoms with E-state index in [-0.39, 0.29) is 10.6 Å². The number of hydrogen-bond donors (Lipinski definition) is 0. The highest BCUT2D eigenvalue weighted by molar-refractivity contribution is 6.73. The van der Waals surface area contributed by atoms with Crippen molar-refractivity contribution >= 4 is 19.9 Å². The van der Waals surface area contributed by atoms with Crippen LogP contribution < -0.4 is 0 Å². The first kappa shape index (κ1) is 24.7. The minimum absolute atomic E-state index is 0.142. The molecular weight excluding hydrogens is 413 g/mol. The molecule has 1 unspecified atom stereocenters. The van der Waals surface area contributed by atoms with Gasteiger partial charge >= 0.3 is 6.18 Å². The van der Waals surface area contributed by atoms with E-state index in [1.165, 1.54) is 18.9 Å². The van der Waals surface area contributed by atoms with Crippen LogP contribution in [0, 0.1) is 11.3 Å². The summed E-state index contributed by atoms with van der Waals surface area (Å²) in [7, 11) is -2.09. The lowest BCUT2D eigenvalue weighted by Gasteiger charge is -2.43. The summed E-state index contributed by atoms with van der Waals surface area (Å²) < 4.78 is 47.9. The predicted molar refractivity (Wildman–Crippen MR) is 118 cm³/mol. The normalized spacial score (nSPS) is 18.5. The van der Waals surface area contributed by atoms with Crippen LogP contribution in [0.4, 0.5) is 13.2 Å². The van der Waals surface area contributed by atoms with Crippen LogP contribution in [0.3, 0.4) is 0 Å². The zero-order valence-corrected chi connectivity index (χ0v) is 20.2. The second-order valence-corrected chi connectivity index (χ2v) is 14.5. The predicted octanol–water partition coefficient (Wildman–Crippen LogP) is 9.03. The summed E-state index contributed by atoms with van der Waals surface area (Å²) in [5.74, 6) is 0.685. The van der Waals surface area contributed by atoms with Crippen molar-refractivity contribution < 1.29 is 17.6 Å². The summed E-state index contributed by atoms with van der Waals surface area (Å²) in [5.41, 5.74) is -0.0876. The van der Waals surface area contributed by atoms with E-state index in [1.54, 1.807) is 6.07 Å². The highest BCUT2D eigenvalue weighted by Crippen LogP contribution is 2.48. The Balaban J connectivity index is 2.28. The fraction of sp³-hybridized carbons (Fsp3) is 0.739. The van der Waals surface area contributed by atoms with Crippen LogP contribution in [-0.4, -0.2) is 8.32 Å². The first-order valence-corrected chi connectivity index (χ1v) is 13.9. The van der Waals surface area contributed by atoms with Gasteiger partial charge in [-0.3, -0.25) is 0 Å². The zero-order chi connectivity index (χ0) is 21.9. The third-order valence-electron chi connectivity index (χ3n) is 6.77. The Labute approximate surface area is 180 Å². The van der Waals surface area contributed by atoms with Gasteiger partial charge in [0.15, 0.2) is 8.32 Å². The second kappa shape index (κ2) is 9.74. The van der Waals surface area contributed by atoms with E-state index in [4.69, 9.17) is 16.0 Å². The maximum Gasteiger partial charge on any atom is 0.416 e. The third-order valence-corrected chi connectivity index (χ3v) is 11.7. The van der Waals surface area contributed by atoms with Gasteiger partial charge in [0.25, 0.3) is 0 Å². The van der Waals surface area contributed by atoms with E-state index >= 15 is 0 Å². The van der Waals surface area contributed by atoms with Crippen molar-refractivity contribution in [2.75, 3.05) is 0 Å². The number of rotatable bonds is 10. The molecule has 1 atom stereocenters. The molecule has 1 nitrogen and oxygen atoms in total. The molecule has 0 spiro atoms. The smallest absolute Gasteiger partial charge is 0.410 e. The average molecular weight is 449 g/mol. The van der Waals surface area contributed by atoms with Crippen LogP contribution >= 0.6 is 11.6 Å². The van der Waals surface area contributed by atoms with Gasteiger partial charge in [0.2, 0.25) is 0 Å². The van der Waals surface area contributed by atoms with E-state index in [0.717, 1.165) is 37.0 Å². The van der Waals surface area contributed by atoms with Crippen molar-refractivity contribution in [3.05, 3.63) is 34.3 Å². The Morgan fingerprint density at radius 2 is 1.72 bits per heavy atom. The largest absolute Gasteiger partial charge is 0.416 e. The van der Waals surface area contributed by atoms with Crippen molar-refractivity contribution in [3.8, 4) is 0 Å². The lowest BCUT2D eigenvalue weighted by Crippen LogP contribution is -2.38. The lowest BCUT2D eigenvalue weighted by atomic mass is 9.63. The molecule has 0 saturated heterocycles. The van der Waals surface area contributed by atoms with Crippen molar-refractivity contribution in [1.29, 1.82) is 0 Å². The number of halogens is 4. The maximum atomic E-state index is 13.8. The molecule has 29 heavy (non-hydrogen) atoms. The Bertz CT molecular complexity index is 654. The number of hydrogen-bond acceptors (Lipinski definition) is 1. The second-order valence-electron chi connectivity index (χ2n) is 9.42. The van der Waals surface area contributed by atoms with Gasteiger partial charge in [-0.2, -0.15) is 13.2 Å². The van der Waals surface area contributed by atoms with Crippen molar-refractivity contribution in [2.24, 2.45) is 11.3 Å². The maximum absolute atomic E-state index is 13.8. The molecule has 2 rings (SSSR count). The van der Waals surface area contributed by atoms with Gasteiger partial charge < -0.3 is 4.43 Å². The van der Waals surface area contributed by atoms with E-state index in [1.807, 2.05) is 0 Å². The van der Waals surface area contributed by atoms with Gasteiger partial charge in [-0.25, -0.2) is 0 Å². The van der Waals surface area contributed by atoms with Crippen LogP contribution in [0.25, 0.3) is 0 Å². The molecule has 1 aromatic carbocycles. The van der Waals surface area contributed by atoms with Crippen LogP contribution in [0.2, 0.25) is 23.2 Å². The molecule has 1 fully saturated rings. The standard InChI is InChI=1S/C23H36ClF3OSi/c1-6-29(7-2,8-3)28-20(14-9-11-17-15-22(4,5)16-17)21-18(23(25,26)27)12-10-13-19(21)24/h10,12-13,17,20H,6-9,11,14-16H2,1-5H3. The average Bonchev–Trinajstić information content (AvgIpc) is 2.62. The molecule has 0 bridgehead atoms. The molecule has 0 heterocycles. The van der Waals surface area contributed by atoms with Gasteiger partial charge in [-0.1, -0.05) is 65.1 Å². The summed E-state index contributed by atoms with van der Waals surface area (Å²) in [6.45, 7) is 10.9. The molecule has 1 saturated carbocycles. The molecule has 1 aromatic rings. The molecule has 0 aliphatic heterocycles. The SMILES string of the molecule is CC[Si](CC)(CC)OC(CCCC1CC(C)(C)C1)c1c(Cl)cccc1C(F)(F)F. The minimum atomic E-state index is -4.44. The quantitative estimate of drug-likeness (QED) is 0.324. The Morgan fingerprint density at radius 3 is 2.21 bits per heavy atom. The van der Waals surface area contributed by atoms with Crippen molar-refractivity contribution in [2.45, 2.75) is 97.1 Å². The summed E-state index contributed by atoms with van der Waals surface area (Å²) in [6, 6.07) is 6.78. The molecule has 6 heteroatoms. The molecule has 0 amide bonds. The minimum Gasteiger partial charge on any atom is -0.410 e. The molecule has 0 radical (unpaired) electrons. The molecule has 0 N–H and O–H groups in total. The van der Waals surface area contributed by atoms with Crippen LogP contribution in [0.5, 0.6) is 0 Å². The number of benzene rings is 1. The van der Waals surface area contributed by atoms with Gasteiger partial charge in [0.1, 0.15) is 0 Å². The molecule has 0 aromatic heterocycles. The van der Waals surface area contributed by atoms with Gasteiger partial charge in [0.05, 0.1) is 11.7 Å². The van der Waals surface area contributed by atoms with Gasteiger partial charge in [0, 0.05) is 10.6 Å². The highest BCUT2D eigenvalue weighted by Gasteiger charge is 2.40. The van der Waals surface area contributed by atoms with Crippen LogP contribution in [-0.2, 0) is 10.6 Å². The third kappa shape index (κ3) is 6.24. The summed E-state index contributed by atoms with van der Waals surface area (Å²) in [5, 5.41) is 0.167. The first-order valence-electron chi connectivity index (χ1n) is 11.0. The van der Waals surface area contributed by atoms with E-state index in [2.05, 4.69) is 34.6 Å². The fourth-order valence-electron chi connectivity index (χ4n) is 4.97. The molecule has 1 aliphatic rings. The topological polar surface area (TPSA) is 9.23 Å². The molecular formula is C23H36ClF3OSi. The van der Waals surface area contributed by atoms with Gasteiger partial charge in [-0.05, 0) is 60.9 Å². The molecule has 166 valence electrons. The monoisotopic (exact) mass is 448 g/mol. The van der Waals surface area contributed by atoms with Crippen LogP contribution in [0.15, 0.2) is 18.2 Å². The number of alkyl halides is 3. The van der Waals surface area contributed by atoms with E-state index < -0.39 is 26.2 Å². The Hall–Kier alpha value is -0.523. The molecule has 1 aliphatic carbocycles. The zero-order valence-electron chi connectivity index (χ0n) is 18.5.